The van der Waals surface area contributed by atoms with E-state index in [1.54, 1.807) is 0 Å². The molecule has 2 saturated carbocycles. The summed E-state index contributed by atoms with van der Waals surface area (Å²) in [7, 11) is 0. The van der Waals surface area contributed by atoms with Gasteiger partial charge >= 0.3 is 0 Å². The first-order valence-electron chi connectivity index (χ1n) is 12.1. The average molecular weight is 475 g/mol. The molecule has 0 unspecified atom stereocenters. The Morgan fingerprint density at radius 1 is 1.00 bits per heavy atom. The van der Waals surface area contributed by atoms with E-state index < -0.39 is 11.6 Å². The highest BCUT2D eigenvalue weighted by Gasteiger charge is 2.55. The van der Waals surface area contributed by atoms with Crippen molar-refractivity contribution in [3.8, 4) is 11.3 Å². The second-order valence-electron chi connectivity index (χ2n) is 10.2. The standard InChI is InChI=1S/C26H24F2N6O/c1-13-14(2)31-24-23(30-13)22(19-6-3-16(27)7-20(19)28)32-25(33-24)26-8-18(9-26)35-21(10-26)15-11-29-34(12-15)17-4-5-17/h3,6-7,11-12,17-18,21H,4-5,8-10H2,1-2H3/t18?,21-,26?/m1/s1. The predicted octanol–water partition coefficient (Wildman–Crippen LogP) is 5.08. The van der Waals surface area contributed by atoms with Crippen molar-refractivity contribution in [1.82, 2.24) is 29.7 Å². The maximum atomic E-state index is 14.9. The van der Waals surface area contributed by atoms with Crippen LogP contribution < -0.4 is 0 Å². The maximum Gasteiger partial charge on any atom is 0.182 e. The van der Waals surface area contributed by atoms with Crippen LogP contribution in [0.15, 0.2) is 30.6 Å². The average Bonchev–Trinajstić information content (AvgIpc) is 3.55. The minimum atomic E-state index is -0.683. The number of aromatic nitrogens is 6. The zero-order chi connectivity index (χ0) is 23.9. The summed E-state index contributed by atoms with van der Waals surface area (Å²) in [5, 5.41) is 4.53. The second-order valence-corrected chi connectivity index (χ2v) is 10.2. The number of halogens is 2. The van der Waals surface area contributed by atoms with Gasteiger partial charge in [0.2, 0.25) is 0 Å². The minimum absolute atomic E-state index is 0.0915. The Labute approximate surface area is 200 Å². The molecule has 3 aromatic heterocycles. The Kier molecular flexibility index (Phi) is 4.40. The molecule has 0 radical (unpaired) electrons. The van der Waals surface area contributed by atoms with Crippen LogP contribution in [0.2, 0.25) is 0 Å². The van der Waals surface area contributed by atoms with E-state index in [9.17, 15) is 8.78 Å². The lowest BCUT2D eigenvalue weighted by Crippen LogP contribution is -2.53. The molecule has 8 rings (SSSR count). The highest BCUT2D eigenvalue weighted by molar-refractivity contribution is 5.87. The molecule has 7 nitrogen and oxygen atoms in total. The third-order valence-corrected chi connectivity index (χ3v) is 7.69. The normalized spacial score (nSPS) is 25.6. The first kappa shape index (κ1) is 21.0. The van der Waals surface area contributed by atoms with Gasteiger partial charge in [0.15, 0.2) is 5.65 Å². The van der Waals surface area contributed by atoms with Gasteiger partial charge < -0.3 is 4.74 Å². The lowest BCUT2D eigenvalue weighted by atomic mass is 9.60. The van der Waals surface area contributed by atoms with Crippen molar-refractivity contribution in [2.24, 2.45) is 0 Å². The fourth-order valence-electron chi connectivity index (χ4n) is 5.46. The van der Waals surface area contributed by atoms with Crippen LogP contribution in [0.1, 0.15) is 67.0 Å². The van der Waals surface area contributed by atoms with E-state index in [2.05, 4.69) is 21.3 Å². The van der Waals surface area contributed by atoms with Crippen molar-refractivity contribution in [2.75, 3.05) is 0 Å². The van der Waals surface area contributed by atoms with E-state index in [1.807, 2.05) is 24.7 Å². The molecule has 1 aromatic carbocycles. The van der Waals surface area contributed by atoms with Gasteiger partial charge in [0, 0.05) is 28.8 Å². The summed E-state index contributed by atoms with van der Waals surface area (Å²) < 4.78 is 36.9. The van der Waals surface area contributed by atoms with Crippen LogP contribution in [0.4, 0.5) is 8.78 Å². The third kappa shape index (κ3) is 3.36. The number of hydrogen-bond donors (Lipinski definition) is 0. The minimum Gasteiger partial charge on any atom is -0.370 e. The van der Waals surface area contributed by atoms with Gasteiger partial charge in [-0.1, -0.05) is 0 Å². The molecule has 4 aromatic rings. The van der Waals surface area contributed by atoms with Crippen LogP contribution in [-0.2, 0) is 10.2 Å². The van der Waals surface area contributed by atoms with Gasteiger partial charge in [0.25, 0.3) is 0 Å². The largest absolute Gasteiger partial charge is 0.370 e. The molecule has 9 heteroatoms. The molecule has 0 amide bonds. The van der Waals surface area contributed by atoms with Crippen molar-refractivity contribution in [3.05, 3.63) is 65.0 Å². The molecule has 0 N–H and O–H groups in total. The number of aryl methyl sites for hydroxylation is 2. The molecule has 178 valence electrons. The van der Waals surface area contributed by atoms with E-state index in [4.69, 9.17) is 14.7 Å². The number of ether oxygens (including phenoxy) is 1. The van der Waals surface area contributed by atoms with Crippen molar-refractivity contribution in [1.29, 1.82) is 0 Å². The smallest absolute Gasteiger partial charge is 0.182 e. The third-order valence-electron chi connectivity index (χ3n) is 7.69. The predicted molar refractivity (Wildman–Crippen MR) is 124 cm³/mol. The van der Waals surface area contributed by atoms with Crippen LogP contribution in [0, 0.1) is 25.5 Å². The number of benzene rings is 1. The van der Waals surface area contributed by atoms with Gasteiger partial charge in [-0.15, -0.1) is 0 Å². The van der Waals surface area contributed by atoms with Gasteiger partial charge in [-0.3, -0.25) is 4.68 Å². The molecule has 2 saturated heterocycles. The molecule has 4 fully saturated rings. The van der Waals surface area contributed by atoms with Gasteiger partial charge in [-0.25, -0.2) is 28.7 Å². The van der Waals surface area contributed by atoms with Crippen molar-refractivity contribution >= 4 is 11.2 Å². The number of hydrogen-bond acceptors (Lipinski definition) is 6. The van der Waals surface area contributed by atoms with Gasteiger partial charge in [0.05, 0.1) is 35.8 Å². The highest BCUT2D eigenvalue weighted by atomic mass is 19.1. The SMILES string of the molecule is Cc1nc2nc(C34CC(C3)O[C@@H](c3cnn(C5CC5)c3)C4)nc(-c3ccc(F)cc3F)c2nc1C. The van der Waals surface area contributed by atoms with Gasteiger partial charge in [-0.05, 0) is 58.1 Å². The molecular weight excluding hydrogens is 450 g/mol. The molecule has 5 heterocycles. The summed E-state index contributed by atoms with van der Waals surface area (Å²) >= 11 is 0. The Balaban J connectivity index is 1.34. The van der Waals surface area contributed by atoms with E-state index >= 15 is 0 Å². The van der Waals surface area contributed by atoms with Crippen molar-refractivity contribution in [2.45, 2.75) is 69.6 Å². The monoisotopic (exact) mass is 474 g/mol. The molecule has 0 spiro atoms. The molecule has 35 heavy (non-hydrogen) atoms. The fourth-order valence-corrected chi connectivity index (χ4v) is 5.46. The zero-order valence-electron chi connectivity index (χ0n) is 19.5. The van der Waals surface area contributed by atoms with Crippen molar-refractivity contribution in [3.63, 3.8) is 0 Å². The lowest BCUT2D eigenvalue weighted by Gasteiger charge is -2.53. The Morgan fingerprint density at radius 2 is 1.80 bits per heavy atom. The highest BCUT2D eigenvalue weighted by Crippen LogP contribution is 2.56. The molecule has 1 atom stereocenters. The van der Waals surface area contributed by atoms with E-state index in [0.29, 0.717) is 28.7 Å². The summed E-state index contributed by atoms with van der Waals surface area (Å²) in [6, 6.07) is 4.03. The van der Waals surface area contributed by atoms with Crippen molar-refractivity contribution < 1.29 is 13.5 Å². The molecule has 2 bridgehead atoms. The van der Waals surface area contributed by atoms with Crippen LogP contribution in [0.5, 0.6) is 0 Å². The van der Waals surface area contributed by atoms with Crippen LogP contribution >= 0.6 is 0 Å². The van der Waals surface area contributed by atoms with E-state index in [0.717, 1.165) is 42.3 Å². The summed E-state index contributed by atoms with van der Waals surface area (Å²) in [5.41, 5.74) is 3.65. The summed E-state index contributed by atoms with van der Waals surface area (Å²) in [4.78, 5) is 19.0. The first-order valence-corrected chi connectivity index (χ1v) is 12.1. The Morgan fingerprint density at radius 3 is 2.57 bits per heavy atom. The maximum absolute atomic E-state index is 14.9. The first-order chi connectivity index (χ1) is 16.9. The second kappa shape index (κ2) is 7.34. The Hall–Kier alpha value is -3.33. The number of nitrogens with zero attached hydrogens (tertiary/aromatic N) is 6. The van der Waals surface area contributed by atoms with Gasteiger partial charge in [0.1, 0.15) is 28.7 Å². The van der Waals surface area contributed by atoms with Gasteiger partial charge in [-0.2, -0.15) is 5.10 Å². The molecule has 2 aliphatic heterocycles. The quantitative estimate of drug-likeness (QED) is 0.411. The van der Waals surface area contributed by atoms with E-state index in [1.165, 1.54) is 25.0 Å². The topological polar surface area (TPSA) is 78.6 Å². The fraction of sp³-hybridized carbons (Fsp3) is 0.423. The summed E-state index contributed by atoms with van der Waals surface area (Å²) in [6.07, 6.45) is 8.69. The number of fused-ring (bicyclic) bond motifs is 3. The summed E-state index contributed by atoms with van der Waals surface area (Å²) in [5.74, 6) is -0.694. The van der Waals surface area contributed by atoms with Crippen LogP contribution in [0.25, 0.3) is 22.4 Å². The number of rotatable bonds is 4. The molecule has 2 aliphatic carbocycles. The van der Waals surface area contributed by atoms with Crippen LogP contribution in [0.3, 0.4) is 0 Å². The lowest BCUT2D eigenvalue weighted by molar-refractivity contribution is -0.161. The van der Waals surface area contributed by atoms with E-state index in [-0.39, 0.29) is 23.2 Å². The Bertz CT molecular complexity index is 1490. The zero-order valence-corrected chi connectivity index (χ0v) is 19.5. The summed E-state index contributed by atoms with van der Waals surface area (Å²) in [6.45, 7) is 3.72. The molecule has 4 aliphatic rings. The molecular formula is C26H24F2N6O. The van der Waals surface area contributed by atoms with Crippen LogP contribution in [-0.4, -0.2) is 35.8 Å².